The van der Waals surface area contributed by atoms with Gasteiger partial charge in [0.25, 0.3) is 0 Å². The Labute approximate surface area is 139 Å². The lowest BCUT2D eigenvalue weighted by atomic mass is 10.1. The van der Waals surface area contributed by atoms with Crippen molar-refractivity contribution in [2.75, 3.05) is 51.2 Å². The molecule has 1 atom stereocenters. The Morgan fingerprint density at radius 3 is 2.61 bits per heavy atom. The lowest BCUT2D eigenvalue weighted by Crippen LogP contribution is -2.46. The van der Waals surface area contributed by atoms with E-state index in [0.717, 1.165) is 44.1 Å². The van der Waals surface area contributed by atoms with E-state index in [1.54, 1.807) is 0 Å². The van der Waals surface area contributed by atoms with Crippen molar-refractivity contribution < 1.29 is 4.79 Å². The number of nitrogens with one attached hydrogen (secondary N) is 2. The number of carbonyl (C=O) groups excluding carboxylic acids is 1. The highest BCUT2D eigenvalue weighted by Gasteiger charge is 2.16. The molecule has 6 nitrogen and oxygen atoms in total. The fourth-order valence-electron chi connectivity index (χ4n) is 2.76. The number of aromatic nitrogens is 1. The fraction of sp³-hybridized carbons (Fsp3) is 0.647. The number of carbonyl (C=O) groups is 1. The van der Waals surface area contributed by atoms with Crippen LogP contribution in [0.25, 0.3) is 0 Å². The van der Waals surface area contributed by atoms with Crippen molar-refractivity contribution in [3.05, 3.63) is 23.9 Å². The van der Waals surface area contributed by atoms with Crippen molar-refractivity contribution in [1.82, 2.24) is 20.5 Å². The van der Waals surface area contributed by atoms with Crippen LogP contribution in [0.1, 0.15) is 19.4 Å². The second-order valence-electron chi connectivity index (χ2n) is 6.12. The Morgan fingerprint density at radius 1 is 1.30 bits per heavy atom. The highest BCUT2D eigenvalue weighted by molar-refractivity contribution is 5.78. The van der Waals surface area contributed by atoms with E-state index >= 15 is 0 Å². The average Bonchev–Trinajstić information content (AvgIpc) is 2.60. The van der Waals surface area contributed by atoms with Crippen molar-refractivity contribution in [3.8, 4) is 0 Å². The van der Waals surface area contributed by atoms with E-state index in [9.17, 15) is 4.79 Å². The number of piperazine rings is 1. The molecule has 1 aliphatic rings. The van der Waals surface area contributed by atoms with Gasteiger partial charge in [-0.3, -0.25) is 4.79 Å². The SMILES string of the molecule is CCN1CCN(c2ccc(CNC(=O)C(C)CNC)cn2)CC1. The number of amides is 1. The standard InChI is InChI=1S/C17H29N5O/c1-4-21-7-9-22(10-8-21)16-6-5-15(12-19-16)13-20-17(23)14(2)11-18-3/h5-6,12,14,18H,4,7-11,13H2,1-3H3,(H,20,23). The van der Waals surface area contributed by atoms with E-state index in [4.69, 9.17) is 0 Å². The Hall–Kier alpha value is -1.66. The molecule has 128 valence electrons. The molecule has 1 fully saturated rings. The van der Waals surface area contributed by atoms with Crippen molar-refractivity contribution in [2.45, 2.75) is 20.4 Å². The summed E-state index contributed by atoms with van der Waals surface area (Å²) in [5, 5.41) is 5.97. The van der Waals surface area contributed by atoms with Gasteiger partial charge < -0.3 is 20.4 Å². The van der Waals surface area contributed by atoms with Crippen LogP contribution in [0.4, 0.5) is 5.82 Å². The molecule has 2 N–H and O–H groups in total. The second kappa shape index (κ2) is 8.84. The molecular weight excluding hydrogens is 290 g/mol. The molecule has 1 aromatic heterocycles. The zero-order valence-electron chi connectivity index (χ0n) is 14.5. The molecule has 0 aromatic carbocycles. The minimum atomic E-state index is -0.0258. The summed E-state index contributed by atoms with van der Waals surface area (Å²) < 4.78 is 0. The largest absolute Gasteiger partial charge is 0.354 e. The molecule has 1 aromatic rings. The molecular formula is C17H29N5O. The third-order valence-electron chi connectivity index (χ3n) is 4.38. The summed E-state index contributed by atoms with van der Waals surface area (Å²) in [7, 11) is 1.85. The van der Waals surface area contributed by atoms with Crippen LogP contribution in [0, 0.1) is 5.92 Å². The first-order valence-corrected chi connectivity index (χ1v) is 8.48. The van der Waals surface area contributed by atoms with E-state index in [1.165, 1.54) is 0 Å². The monoisotopic (exact) mass is 319 g/mol. The van der Waals surface area contributed by atoms with Crippen LogP contribution in [0.5, 0.6) is 0 Å². The number of hydrogen-bond acceptors (Lipinski definition) is 5. The zero-order valence-corrected chi connectivity index (χ0v) is 14.5. The molecule has 1 aliphatic heterocycles. The summed E-state index contributed by atoms with van der Waals surface area (Å²) in [6.07, 6.45) is 1.87. The molecule has 1 unspecified atom stereocenters. The summed E-state index contributed by atoms with van der Waals surface area (Å²) in [4.78, 5) is 21.2. The Balaban J connectivity index is 1.82. The lowest BCUT2D eigenvalue weighted by molar-refractivity contribution is -0.124. The van der Waals surface area contributed by atoms with Crippen LogP contribution < -0.4 is 15.5 Å². The summed E-state index contributed by atoms with van der Waals surface area (Å²) in [5.74, 6) is 1.07. The molecule has 0 radical (unpaired) electrons. The quantitative estimate of drug-likeness (QED) is 0.774. The lowest BCUT2D eigenvalue weighted by Gasteiger charge is -2.34. The first-order valence-electron chi connectivity index (χ1n) is 8.48. The molecule has 1 saturated heterocycles. The third kappa shape index (κ3) is 5.18. The van der Waals surface area contributed by atoms with E-state index in [1.807, 2.05) is 20.2 Å². The van der Waals surface area contributed by atoms with Crippen molar-refractivity contribution >= 4 is 11.7 Å². The topological polar surface area (TPSA) is 60.5 Å². The number of anilines is 1. The van der Waals surface area contributed by atoms with Gasteiger partial charge in [-0.1, -0.05) is 19.9 Å². The van der Waals surface area contributed by atoms with Gasteiger partial charge in [0.2, 0.25) is 5.91 Å². The van der Waals surface area contributed by atoms with E-state index in [-0.39, 0.29) is 11.8 Å². The van der Waals surface area contributed by atoms with Gasteiger partial charge in [-0.05, 0) is 25.2 Å². The predicted octanol–water partition coefficient (Wildman–Crippen LogP) is 0.695. The first-order chi connectivity index (χ1) is 11.1. The summed E-state index contributed by atoms with van der Waals surface area (Å²) in [6.45, 7) is 10.7. The highest BCUT2D eigenvalue weighted by Crippen LogP contribution is 2.14. The van der Waals surface area contributed by atoms with Crippen LogP contribution in [-0.4, -0.2) is 62.1 Å². The van der Waals surface area contributed by atoms with Gasteiger partial charge in [-0.15, -0.1) is 0 Å². The maximum atomic E-state index is 11.9. The molecule has 1 amide bonds. The van der Waals surface area contributed by atoms with Gasteiger partial charge in [0.05, 0.1) is 0 Å². The van der Waals surface area contributed by atoms with Gasteiger partial charge in [0.15, 0.2) is 0 Å². The molecule has 0 aliphatic carbocycles. The third-order valence-corrected chi connectivity index (χ3v) is 4.38. The molecule has 23 heavy (non-hydrogen) atoms. The maximum Gasteiger partial charge on any atom is 0.224 e. The minimum Gasteiger partial charge on any atom is -0.354 e. The summed E-state index contributed by atoms with van der Waals surface area (Å²) in [5.41, 5.74) is 1.03. The number of likely N-dealkylation sites (N-methyl/N-ethyl adjacent to an activating group) is 1. The van der Waals surface area contributed by atoms with Crippen LogP contribution in [0.2, 0.25) is 0 Å². The Morgan fingerprint density at radius 2 is 2.04 bits per heavy atom. The molecule has 0 spiro atoms. The number of pyridine rings is 1. The second-order valence-corrected chi connectivity index (χ2v) is 6.12. The first kappa shape index (κ1) is 17.7. The predicted molar refractivity (Wildman–Crippen MR) is 93.5 cm³/mol. The molecule has 6 heteroatoms. The van der Waals surface area contributed by atoms with Crippen LogP contribution in [0.3, 0.4) is 0 Å². The van der Waals surface area contributed by atoms with Gasteiger partial charge in [-0.2, -0.15) is 0 Å². The fourth-order valence-corrected chi connectivity index (χ4v) is 2.76. The van der Waals surface area contributed by atoms with Gasteiger partial charge in [0.1, 0.15) is 5.82 Å². The molecule has 0 bridgehead atoms. The van der Waals surface area contributed by atoms with Gasteiger partial charge >= 0.3 is 0 Å². The summed E-state index contributed by atoms with van der Waals surface area (Å²) in [6, 6.07) is 4.11. The van der Waals surface area contributed by atoms with E-state index in [2.05, 4.69) is 44.5 Å². The van der Waals surface area contributed by atoms with Gasteiger partial charge in [-0.25, -0.2) is 4.98 Å². The minimum absolute atomic E-state index is 0.0258. The van der Waals surface area contributed by atoms with Crippen LogP contribution >= 0.6 is 0 Å². The smallest absolute Gasteiger partial charge is 0.224 e. The highest BCUT2D eigenvalue weighted by atomic mass is 16.1. The van der Waals surface area contributed by atoms with Crippen LogP contribution in [0.15, 0.2) is 18.3 Å². The average molecular weight is 319 g/mol. The van der Waals surface area contributed by atoms with E-state index in [0.29, 0.717) is 13.1 Å². The maximum absolute atomic E-state index is 11.9. The Kier molecular flexibility index (Phi) is 6.80. The molecule has 2 rings (SSSR count). The number of hydrogen-bond donors (Lipinski definition) is 2. The van der Waals surface area contributed by atoms with Gasteiger partial charge in [0, 0.05) is 51.4 Å². The number of nitrogens with zero attached hydrogens (tertiary/aromatic N) is 3. The molecule has 0 saturated carbocycles. The van der Waals surface area contributed by atoms with Crippen molar-refractivity contribution in [1.29, 1.82) is 0 Å². The Bertz CT molecular complexity index is 482. The normalized spacial score (nSPS) is 17.1. The number of rotatable bonds is 7. The zero-order chi connectivity index (χ0) is 16.7. The summed E-state index contributed by atoms with van der Waals surface area (Å²) >= 11 is 0. The van der Waals surface area contributed by atoms with Crippen molar-refractivity contribution in [3.63, 3.8) is 0 Å². The van der Waals surface area contributed by atoms with Crippen molar-refractivity contribution in [2.24, 2.45) is 5.92 Å². The van der Waals surface area contributed by atoms with Crippen LogP contribution in [-0.2, 0) is 11.3 Å². The molecule has 2 heterocycles. The van der Waals surface area contributed by atoms with E-state index < -0.39 is 0 Å².